The third kappa shape index (κ3) is 1.85. The van der Waals surface area contributed by atoms with Crippen molar-refractivity contribution >= 4 is 0 Å². The molecule has 0 aromatic heterocycles. The highest BCUT2D eigenvalue weighted by atomic mass is 15.2. The van der Waals surface area contributed by atoms with Gasteiger partial charge in [0, 0.05) is 26.2 Å². The fraction of sp³-hybridized carbons (Fsp3) is 0.923. The molecule has 1 heterocycles. The molecule has 1 saturated heterocycles. The minimum atomic E-state index is 0.118. The van der Waals surface area contributed by atoms with Crippen LogP contribution in [0.2, 0.25) is 0 Å². The van der Waals surface area contributed by atoms with Gasteiger partial charge in [-0.2, -0.15) is 5.26 Å². The maximum atomic E-state index is 9.14. The summed E-state index contributed by atoms with van der Waals surface area (Å²) >= 11 is 0. The Bertz CT molecular complexity index is 296. The fourth-order valence-corrected chi connectivity index (χ4v) is 3.99. The Hall–Kier alpha value is -0.590. The van der Waals surface area contributed by atoms with E-state index in [4.69, 9.17) is 5.26 Å². The second-order valence-corrected chi connectivity index (χ2v) is 5.78. The standard InChI is InChI=1S/C13H21N3/c14-7-13-8-15-3-4-16(13)9-12-6-10-1-2-11(12)5-10/h10-13,15H,1-6,8-9H2. The van der Waals surface area contributed by atoms with Crippen LogP contribution in [0.4, 0.5) is 0 Å². The molecule has 2 bridgehead atoms. The second kappa shape index (κ2) is 4.35. The zero-order valence-electron chi connectivity index (χ0n) is 9.86. The number of nitriles is 1. The summed E-state index contributed by atoms with van der Waals surface area (Å²) in [6.07, 6.45) is 5.85. The predicted octanol–water partition coefficient (Wildman–Crippen LogP) is 1.22. The Morgan fingerprint density at radius 1 is 1.31 bits per heavy atom. The van der Waals surface area contributed by atoms with Crippen molar-refractivity contribution in [2.75, 3.05) is 26.2 Å². The van der Waals surface area contributed by atoms with E-state index in [-0.39, 0.29) is 6.04 Å². The average Bonchev–Trinajstić information content (AvgIpc) is 2.92. The first-order valence-corrected chi connectivity index (χ1v) is 6.71. The summed E-state index contributed by atoms with van der Waals surface area (Å²) in [5.41, 5.74) is 0. The lowest BCUT2D eigenvalue weighted by Gasteiger charge is -2.35. The van der Waals surface area contributed by atoms with E-state index in [2.05, 4.69) is 16.3 Å². The molecule has 0 amide bonds. The molecule has 3 fully saturated rings. The Balaban J connectivity index is 1.59. The van der Waals surface area contributed by atoms with E-state index in [0.29, 0.717) is 0 Å². The van der Waals surface area contributed by atoms with Gasteiger partial charge in [0.25, 0.3) is 0 Å². The van der Waals surface area contributed by atoms with E-state index in [9.17, 15) is 0 Å². The van der Waals surface area contributed by atoms with E-state index in [1.165, 1.54) is 32.2 Å². The summed E-state index contributed by atoms with van der Waals surface area (Å²) in [6, 6.07) is 2.55. The van der Waals surface area contributed by atoms with Gasteiger partial charge in [-0.05, 0) is 37.0 Å². The normalized spacial score (nSPS) is 43.4. The lowest BCUT2D eigenvalue weighted by Crippen LogP contribution is -2.52. The van der Waals surface area contributed by atoms with E-state index in [1.807, 2.05) is 0 Å². The van der Waals surface area contributed by atoms with Crippen molar-refractivity contribution in [3.8, 4) is 6.07 Å². The van der Waals surface area contributed by atoms with Gasteiger partial charge in [-0.25, -0.2) is 0 Å². The summed E-state index contributed by atoms with van der Waals surface area (Å²) < 4.78 is 0. The number of rotatable bonds is 2. The minimum Gasteiger partial charge on any atom is -0.313 e. The maximum absolute atomic E-state index is 9.14. The van der Waals surface area contributed by atoms with Gasteiger partial charge in [0.1, 0.15) is 6.04 Å². The van der Waals surface area contributed by atoms with Crippen molar-refractivity contribution in [3.63, 3.8) is 0 Å². The molecule has 0 aromatic carbocycles. The van der Waals surface area contributed by atoms with Gasteiger partial charge in [0.05, 0.1) is 6.07 Å². The van der Waals surface area contributed by atoms with Crippen molar-refractivity contribution in [2.24, 2.45) is 17.8 Å². The Kier molecular flexibility index (Phi) is 2.87. The first-order chi connectivity index (χ1) is 7.86. The van der Waals surface area contributed by atoms with Gasteiger partial charge in [-0.1, -0.05) is 6.42 Å². The number of nitrogens with one attached hydrogen (secondary N) is 1. The van der Waals surface area contributed by atoms with Gasteiger partial charge in [0.15, 0.2) is 0 Å². The third-order valence-corrected chi connectivity index (χ3v) is 4.86. The van der Waals surface area contributed by atoms with E-state index < -0.39 is 0 Å². The largest absolute Gasteiger partial charge is 0.313 e. The fourth-order valence-electron chi connectivity index (χ4n) is 3.99. The van der Waals surface area contributed by atoms with Gasteiger partial charge >= 0.3 is 0 Å². The van der Waals surface area contributed by atoms with Crippen LogP contribution in [0.25, 0.3) is 0 Å². The summed E-state index contributed by atoms with van der Waals surface area (Å²) in [5, 5.41) is 12.4. The first-order valence-electron chi connectivity index (χ1n) is 6.71. The minimum absolute atomic E-state index is 0.118. The number of hydrogen-bond donors (Lipinski definition) is 1. The van der Waals surface area contributed by atoms with Crippen molar-refractivity contribution in [1.82, 2.24) is 10.2 Å². The molecule has 16 heavy (non-hydrogen) atoms. The molecular weight excluding hydrogens is 198 g/mol. The highest BCUT2D eigenvalue weighted by Crippen LogP contribution is 2.48. The van der Waals surface area contributed by atoms with Gasteiger partial charge in [0.2, 0.25) is 0 Å². The Morgan fingerprint density at radius 2 is 2.25 bits per heavy atom. The molecule has 4 atom stereocenters. The SMILES string of the molecule is N#CC1CNCCN1CC1CC2CCC1C2. The first kappa shape index (κ1) is 10.6. The molecule has 2 saturated carbocycles. The highest BCUT2D eigenvalue weighted by Gasteiger charge is 2.40. The third-order valence-electron chi connectivity index (χ3n) is 4.86. The molecular formula is C13H21N3. The van der Waals surface area contributed by atoms with Crippen LogP contribution in [-0.2, 0) is 0 Å². The highest BCUT2D eigenvalue weighted by molar-refractivity contribution is 4.99. The molecule has 3 aliphatic rings. The molecule has 3 rings (SSSR count). The quantitative estimate of drug-likeness (QED) is 0.759. The van der Waals surface area contributed by atoms with Gasteiger partial charge in [-0.15, -0.1) is 0 Å². The molecule has 0 aromatic rings. The van der Waals surface area contributed by atoms with Crippen molar-refractivity contribution < 1.29 is 0 Å². The summed E-state index contributed by atoms with van der Waals surface area (Å²) in [4.78, 5) is 2.42. The zero-order chi connectivity index (χ0) is 11.0. The predicted molar refractivity (Wildman–Crippen MR) is 62.8 cm³/mol. The lowest BCUT2D eigenvalue weighted by atomic mass is 9.88. The molecule has 4 unspecified atom stereocenters. The summed E-state index contributed by atoms with van der Waals surface area (Å²) in [5.74, 6) is 2.91. The van der Waals surface area contributed by atoms with Crippen LogP contribution in [0.3, 0.4) is 0 Å². The van der Waals surface area contributed by atoms with E-state index >= 15 is 0 Å². The molecule has 3 heteroatoms. The van der Waals surface area contributed by atoms with Crippen LogP contribution < -0.4 is 5.32 Å². The molecule has 1 aliphatic heterocycles. The molecule has 2 aliphatic carbocycles. The molecule has 0 radical (unpaired) electrons. The number of fused-ring (bicyclic) bond motifs is 2. The van der Waals surface area contributed by atoms with Crippen molar-refractivity contribution in [3.05, 3.63) is 0 Å². The number of hydrogen-bond acceptors (Lipinski definition) is 3. The molecule has 3 nitrogen and oxygen atoms in total. The van der Waals surface area contributed by atoms with Gasteiger partial charge < -0.3 is 5.32 Å². The van der Waals surface area contributed by atoms with Crippen LogP contribution in [0.5, 0.6) is 0 Å². The monoisotopic (exact) mass is 219 g/mol. The Morgan fingerprint density at radius 3 is 2.94 bits per heavy atom. The van der Waals surface area contributed by atoms with Crippen LogP contribution in [0.15, 0.2) is 0 Å². The van der Waals surface area contributed by atoms with Crippen LogP contribution >= 0.6 is 0 Å². The summed E-state index contributed by atoms with van der Waals surface area (Å²) in [6.45, 7) is 4.16. The average molecular weight is 219 g/mol. The van der Waals surface area contributed by atoms with Crippen LogP contribution in [-0.4, -0.2) is 37.1 Å². The van der Waals surface area contributed by atoms with Crippen molar-refractivity contribution in [1.29, 1.82) is 5.26 Å². The molecule has 88 valence electrons. The second-order valence-electron chi connectivity index (χ2n) is 5.78. The lowest BCUT2D eigenvalue weighted by molar-refractivity contribution is 0.144. The van der Waals surface area contributed by atoms with Crippen LogP contribution in [0, 0.1) is 29.1 Å². The molecule has 0 spiro atoms. The van der Waals surface area contributed by atoms with E-state index in [0.717, 1.165) is 37.4 Å². The molecule has 1 N–H and O–H groups in total. The number of piperazine rings is 1. The van der Waals surface area contributed by atoms with Gasteiger partial charge in [-0.3, -0.25) is 4.90 Å². The maximum Gasteiger partial charge on any atom is 0.110 e. The van der Waals surface area contributed by atoms with Crippen molar-refractivity contribution in [2.45, 2.75) is 31.7 Å². The number of nitrogens with zero attached hydrogens (tertiary/aromatic N) is 2. The van der Waals surface area contributed by atoms with E-state index in [1.54, 1.807) is 0 Å². The smallest absolute Gasteiger partial charge is 0.110 e. The van der Waals surface area contributed by atoms with Crippen LogP contribution in [0.1, 0.15) is 25.7 Å². The summed E-state index contributed by atoms with van der Waals surface area (Å²) in [7, 11) is 0. The Labute approximate surface area is 97.8 Å². The topological polar surface area (TPSA) is 39.1 Å². The zero-order valence-corrected chi connectivity index (χ0v) is 9.86.